The van der Waals surface area contributed by atoms with Gasteiger partial charge in [0.05, 0.1) is 11.4 Å². The van der Waals surface area contributed by atoms with Crippen molar-refractivity contribution in [1.29, 1.82) is 0 Å². The van der Waals surface area contributed by atoms with Crippen LogP contribution in [-0.4, -0.2) is 47.4 Å². The minimum Gasteiger partial charge on any atom is -0.383 e. The summed E-state index contributed by atoms with van der Waals surface area (Å²) >= 11 is 1.65. The van der Waals surface area contributed by atoms with Crippen LogP contribution in [0.5, 0.6) is 0 Å². The van der Waals surface area contributed by atoms with Crippen LogP contribution >= 0.6 is 11.8 Å². The average molecular weight is 407 g/mol. The molecule has 29 heavy (non-hydrogen) atoms. The van der Waals surface area contributed by atoms with Crippen molar-refractivity contribution < 1.29 is 4.79 Å². The van der Waals surface area contributed by atoms with Crippen molar-refractivity contribution in [2.24, 2.45) is 4.99 Å². The molecule has 150 valence electrons. The smallest absolute Gasteiger partial charge is 0.271 e. The van der Waals surface area contributed by atoms with Crippen LogP contribution < -0.4 is 5.32 Å². The number of aromatic nitrogens is 1. The topological polar surface area (TPSA) is 57.6 Å². The second kappa shape index (κ2) is 8.41. The second-order valence-corrected chi connectivity index (χ2v) is 8.51. The van der Waals surface area contributed by atoms with Crippen LogP contribution in [0.25, 0.3) is 4.91 Å². The fourth-order valence-electron chi connectivity index (χ4n) is 3.91. The molecule has 3 heterocycles. The van der Waals surface area contributed by atoms with Crippen LogP contribution in [0.4, 0.5) is 5.69 Å². The molecule has 0 aliphatic carbocycles. The Balaban J connectivity index is 1.62. The molecule has 2 aliphatic heterocycles. The van der Waals surface area contributed by atoms with E-state index in [9.17, 15) is 4.79 Å². The minimum atomic E-state index is 0.0685. The highest BCUT2D eigenvalue weighted by molar-refractivity contribution is 8.09. The van der Waals surface area contributed by atoms with Gasteiger partial charge in [0, 0.05) is 54.3 Å². The van der Waals surface area contributed by atoms with E-state index in [1.54, 1.807) is 18.0 Å². The lowest BCUT2D eigenvalue weighted by atomic mass is 9.97. The van der Waals surface area contributed by atoms with Gasteiger partial charge in [-0.1, -0.05) is 17.7 Å². The standard InChI is InChI=1S/C23H26N4OS/c1-15-11-16(2)20-18(12-15)19(26-20)14-29-22(17-7-6-8-25-13-17)21(24-3)23(28)27-9-4-5-10-27/h6-8,11-13,24H,4-5,9-10,14H2,1-3H3/b22-21-. The van der Waals surface area contributed by atoms with Crippen LogP contribution in [0.15, 0.2) is 47.3 Å². The number of nitrogens with one attached hydrogen (secondary N) is 1. The zero-order valence-electron chi connectivity index (χ0n) is 17.2. The van der Waals surface area contributed by atoms with E-state index >= 15 is 0 Å². The summed E-state index contributed by atoms with van der Waals surface area (Å²) in [6.45, 7) is 5.88. The lowest BCUT2D eigenvalue weighted by Gasteiger charge is -2.23. The zero-order valence-corrected chi connectivity index (χ0v) is 18.0. The Labute approximate surface area is 176 Å². The maximum absolute atomic E-state index is 13.1. The molecule has 2 aliphatic rings. The number of carbonyl (C=O) groups excluding carboxylic acids is 1. The number of likely N-dealkylation sites (tertiary alicyclic amines) is 1. The first-order chi connectivity index (χ1) is 14.1. The number of thioether (sulfide) groups is 1. The number of nitrogens with zero attached hydrogens (tertiary/aromatic N) is 3. The number of amides is 1. The lowest BCUT2D eigenvalue weighted by molar-refractivity contribution is -0.126. The van der Waals surface area contributed by atoms with E-state index in [0.29, 0.717) is 5.70 Å². The first-order valence-electron chi connectivity index (χ1n) is 10.0. The summed E-state index contributed by atoms with van der Waals surface area (Å²) in [5.41, 5.74) is 7.49. The predicted octanol–water partition coefficient (Wildman–Crippen LogP) is 4.08. The maximum atomic E-state index is 13.1. The zero-order chi connectivity index (χ0) is 20.4. The lowest BCUT2D eigenvalue weighted by Crippen LogP contribution is -2.34. The molecule has 0 unspecified atom stereocenters. The van der Waals surface area contributed by atoms with Crippen LogP contribution in [0, 0.1) is 13.8 Å². The van der Waals surface area contributed by atoms with E-state index in [2.05, 4.69) is 36.3 Å². The molecule has 0 radical (unpaired) electrons. The van der Waals surface area contributed by atoms with Gasteiger partial charge in [-0.3, -0.25) is 14.8 Å². The summed E-state index contributed by atoms with van der Waals surface area (Å²) in [6, 6.07) is 8.29. The van der Waals surface area contributed by atoms with Crippen molar-refractivity contribution in [3.63, 3.8) is 0 Å². The van der Waals surface area contributed by atoms with Crippen LogP contribution in [0.3, 0.4) is 0 Å². The number of carbonyl (C=O) groups is 1. The molecule has 1 amide bonds. The van der Waals surface area contributed by atoms with E-state index < -0.39 is 0 Å². The van der Waals surface area contributed by atoms with Gasteiger partial charge in [0.1, 0.15) is 5.70 Å². The molecule has 0 atom stereocenters. The Kier molecular flexibility index (Phi) is 5.72. The molecule has 1 aromatic carbocycles. The number of hydrogen-bond donors (Lipinski definition) is 1. The molecule has 0 saturated carbocycles. The highest BCUT2D eigenvalue weighted by Crippen LogP contribution is 2.38. The molecule has 1 fully saturated rings. The normalized spacial score (nSPS) is 16.0. The Morgan fingerprint density at radius 1 is 1.24 bits per heavy atom. The largest absolute Gasteiger partial charge is 0.383 e. The Morgan fingerprint density at radius 3 is 2.72 bits per heavy atom. The van der Waals surface area contributed by atoms with Gasteiger partial charge in [0.2, 0.25) is 0 Å². The third-order valence-electron chi connectivity index (χ3n) is 5.36. The number of fused-ring (bicyclic) bond motifs is 1. The van der Waals surface area contributed by atoms with Gasteiger partial charge in [0.25, 0.3) is 5.91 Å². The van der Waals surface area contributed by atoms with Gasteiger partial charge in [-0.2, -0.15) is 0 Å². The second-order valence-electron chi connectivity index (χ2n) is 7.52. The van der Waals surface area contributed by atoms with Crippen molar-refractivity contribution in [1.82, 2.24) is 15.2 Å². The van der Waals surface area contributed by atoms with Crippen molar-refractivity contribution in [2.75, 3.05) is 25.9 Å². The molecule has 1 N–H and O–H groups in total. The van der Waals surface area contributed by atoms with E-state index in [-0.39, 0.29) is 5.91 Å². The first kappa shape index (κ1) is 19.7. The first-order valence-corrected chi connectivity index (χ1v) is 11.0. The number of hydrogen-bond acceptors (Lipinski definition) is 5. The number of likely N-dealkylation sites (N-methyl/N-ethyl adjacent to an activating group) is 1. The molecule has 0 bridgehead atoms. The molecule has 4 rings (SSSR count). The highest BCUT2D eigenvalue weighted by Gasteiger charge is 2.26. The number of benzene rings is 1. The fourth-order valence-corrected chi connectivity index (χ4v) is 5.04. The quantitative estimate of drug-likeness (QED) is 0.735. The van der Waals surface area contributed by atoms with Gasteiger partial charge in [-0.05, 0) is 44.4 Å². The maximum Gasteiger partial charge on any atom is 0.271 e. The summed E-state index contributed by atoms with van der Waals surface area (Å²) < 4.78 is 0. The van der Waals surface area contributed by atoms with Crippen molar-refractivity contribution >= 4 is 34.0 Å². The average Bonchev–Trinajstić information content (AvgIpc) is 3.25. The number of rotatable bonds is 6. The molecular formula is C23H26N4OS. The third-order valence-corrected chi connectivity index (χ3v) is 6.51. The van der Waals surface area contributed by atoms with E-state index in [0.717, 1.165) is 53.6 Å². The van der Waals surface area contributed by atoms with Crippen LogP contribution in [0.2, 0.25) is 0 Å². The minimum absolute atomic E-state index is 0.0685. The molecule has 6 heteroatoms. The van der Waals surface area contributed by atoms with Crippen LogP contribution in [0.1, 0.15) is 35.1 Å². The van der Waals surface area contributed by atoms with Gasteiger partial charge in [0.15, 0.2) is 0 Å². The molecule has 1 saturated heterocycles. The van der Waals surface area contributed by atoms with E-state index in [1.807, 2.05) is 30.3 Å². The van der Waals surface area contributed by atoms with Crippen molar-refractivity contribution in [2.45, 2.75) is 26.7 Å². The van der Waals surface area contributed by atoms with Gasteiger partial charge in [-0.15, -0.1) is 11.8 Å². The van der Waals surface area contributed by atoms with E-state index in [4.69, 9.17) is 4.99 Å². The molecular weight excluding hydrogens is 380 g/mol. The Morgan fingerprint density at radius 2 is 2.03 bits per heavy atom. The van der Waals surface area contributed by atoms with Crippen molar-refractivity contribution in [3.8, 4) is 0 Å². The summed E-state index contributed by atoms with van der Waals surface area (Å²) in [6.07, 6.45) is 5.72. The van der Waals surface area contributed by atoms with Crippen LogP contribution in [-0.2, 0) is 4.79 Å². The number of aryl methyl sites for hydroxylation is 2. The SMILES string of the molecule is CN/C(C(=O)N1CCCC1)=C(\SCC1=Nc2c(C)cc(C)cc21)c1cccnc1. The monoisotopic (exact) mass is 406 g/mol. The summed E-state index contributed by atoms with van der Waals surface area (Å²) in [4.78, 5) is 25.0. The number of pyridine rings is 1. The summed E-state index contributed by atoms with van der Waals surface area (Å²) in [5, 5.41) is 3.17. The van der Waals surface area contributed by atoms with E-state index in [1.165, 1.54) is 16.7 Å². The predicted molar refractivity (Wildman–Crippen MR) is 121 cm³/mol. The van der Waals surface area contributed by atoms with Gasteiger partial charge >= 0.3 is 0 Å². The summed E-state index contributed by atoms with van der Waals surface area (Å²) in [7, 11) is 1.82. The molecule has 5 nitrogen and oxygen atoms in total. The highest BCUT2D eigenvalue weighted by atomic mass is 32.2. The number of aliphatic imine (C=N–C) groups is 1. The third kappa shape index (κ3) is 3.94. The molecule has 2 aromatic rings. The molecule has 0 spiro atoms. The Hall–Kier alpha value is -2.60. The molecule has 1 aromatic heterocycles. The van der Waals surface area contributed by atoms with Crippen molar-refractivity contribution in [3.05, 3.63) is 64.6 Å². The summed E-state index contributed by atoms with van der Waals surface area (Å²) in [5.74, 6) is 0.789. The Bertz CT molecular complexity index is 991. The fraction of sp³-hybridized carbons (Fsp3) is 0.348. The van der Waals surface area contributed by atoms with Gasteiger partial charge in [-0.25, -0.2) is 0 Å². The van der Waals surface area contributed by atoms with Gasteiger partial charge < -0.3 is 10.2 Å².